The highest BCUT2D eigenvalue weighted by atomic mass is 14.8. The Hall–Kier alpha value is -1.51. The number of fused-ring (bicyclic) bond motifs is 1. The first-order valence-electron chi connectivity index (χ1n) is 3.03. The van der Waals surface area contributed by atoms with Gasteiger partial charge in [0.15, 0.2) is 5.52 Å². The van der Waals surface area contributed by atoms with Gasteiger partial charge in [0.25, 0.3) is 6.33 Å². The number of nitrogens with zero attached hydrogens (tertiary/aromatic N) is 2. The van der Waals surface area contributed by atoms with Gasteiger partial charge in [-0.3, -0.25) is 0 Å². The first-order valence-corrected chi connectivity index (χ1v) is 3.03. The molecule has 0 aliphatic carbocycles. The van der Waals surface area contributed by atoms with E-state index < -0.39 is 0 Å². The van der Waals surface area contributed by atoms with Gasteiger partial charge in [-0.2, -0.15) is 0 Å². The third kappa shape index (κ3) is 0.719. The van der Waals surface area contributed by atoms with Gasteiger partial charge in [0, 0.05) is 6.20 Å². The normalized spacial score (nSPS) is 10.0. The molecule has 48 valence electrons. The zero-order valence-corrected chi connectivity index (χ0v) is 5.28. The van der Waals surface area contributed by atoms with E-state index in [2.05, 4.69) is 15.0 Å². The Bertz CT molecular complexity index is 280. The van der Waals surface area contributed by atoms with Gasteiger partial charge in [0.05, 0.1) is 0 Å². The minimum atomic E-state index is 0.894. The van der Waals surface area contributed by atoms with E-state index in [-0.39, 0.29) is 0 Å². The summed E-state index contributed by atoms with van der Waals surface area (Å²) in [5, 5.41) is 0. The van der Waals surface area contributed by atoms with Crippen molar-refractivity contribution in [3.05, 3.63) is 30.9 Å². The second-order valence-corrected chi connectivity index (χ2v) is 1.98. The highest BCUT2D eigenvalue weighted by Gasteiger charge is 1.96. The maximum Gasteiger partial charge on any atom is 0.284 e. The summed E-state index contributed by atoms with van der Waals surface area (Å²) >= 11 is 0. The first-order chi connectivity index (χ1) is 4.97. The van der Waals surface area contributed by atoms with Crippen molar-refractivity contribution < 1.29 is 4.98 Å². The quantitative estimate of drug-likeness (QED) is 0.522. The van der Waals surface area contributed by atoms with Crippen LogP contribution in [0.2, 0.25) is 0 Å². The van der Waals surface area contributed by atoms with Crippen molar-refractivity contribution in [2.24, 2.45) is 0 Å². The third-order valence-corrected chi connectivity index (χ3v) is 1.31. The number of rotatable bonds is 0. The Morgan fingerprint density at radius 3 is 3.10 bits per heavy atom. The average Bonchev–Trinajstić information content (AvgIpc) is 2.05. The number of aromatic nitrogens is 3. The maximum absolute atomic E-state index is 4.09. The first kappa shape index (κ1) is 5.29. The molecule has 10 heavy (non-hydrogen) atoms. The van der Waals surface area contributed by atoms with Crippen LogP contribution in [0.1, 0.15) is 0 Å². The van der Waals surface area contributed by atoms with Crippen LogP contribution in [-0.2, 0) is 0 Å². The lowest BCUT2D eigenvalue weighted by atomic mass is 10.4. The summed E-state index contributed by atoms with van der Waals surface area (Å²) in [6.07, 6.45) is 5.21. The van der Waals surface area contributed by atoms with Gasteiger partial charge in [0.1, 0.15) is 6.20 Å². The van der Waals surface area contributed by atoms with Crippen LogP contribution in [0.5, 0.6) is 0 Å². The van der Waals surface area contributed by atoms with Crippen LogP contribution in [0.3, 0.4) is 0 Å². The van der Waals surface area contributed by atoms with E-state index in [1.165, 1.54) is 0 Å². The Morgan fingerprint density at radius 1 is 1.20 bits per heavy atom. The Morgan fingerprint density at radius 2 is 2.20 bits per heavy atom. The van der Waals surface area contributed by atoms with Crippen molar-refractivity contribution in [1.82, 2.24) is 9.97 Å². The van der Waals surface area contributed by atoms with E-state index in [1.54, 1.807) is 12.5 Å². The van der Waals surface area contributed by atoms with Crippen LogP contribution in [0.4, 0.5) is 0 Å². The molecule has 0 atom stereocenters. The molecule has 0 amide bonds. The summed E-state index contributed by atoms with van der Waals surface area (Å²) in [7, 11) is 0. The molecular formula is C7H6N3+. The highest BCUT2D eigenvalue weighted by Crippen LogP contribution is 2.00. The van der Waals surface area contributed by atoms with E-state index in [0.717, 1.165) is 11.0 Å². The molecule has 2 rings (SSSR count). The number of nitrogens with one attached hydrogen (secondary N) is 1. The van der Waals surface area contributed by atoms with Gasteiger partial charge in [-0.1, -0.05) is 0 Å². The van der Waals surface area contributed by atoms with Crippen molar-refractivity contribution in [3.8, 4) is 0 Å². The summed E-state index contributed by atoms with van der Waals surface area (Å²) in [4.78, 5) is 11.0. The highest BCUT2D eigenvalue weighted by molar-refractivity contribution is 5.70. The van der Waals surface area contributed by atoms with Gasteiger partial charge in [-0.05, 0) is 17.1 Å². The van der Waals surface area contributed by atoms with Crippen LogP contribution in [-0.4, -0.2) is 9.97 Å². The minimum absolute atomic E-state index is 0.894. The maximum atomic E-state index is 4.09. The number of hydrogen-bond donors (Lipinski definition) is 0. The molecule has 2 aromatic heterocycles. The average molecular weight is 132 g/mol. The molecule has 0 aromatic carbocycles. The molecule has 0 spiro atoms. The third-order valence-electron chi connectivity index (χ3n) is 1.31. The minimum Gasteiger partial charge on any atom is -0.248 e. The topological polar surface area (TPSA) is 39.9 Å². The van der Waals surface area contributed by atoms with Crippen LogP contribution < -0.4 is 4.98 Å². The molecule has 0 aliphatic rings. The predicted octanol–water partition coefficient (Wildman–Crippen LogP) is 0.444. The van der Waals surface area contributed by atoms with E-state index in [4.69, 9.17) is 0 Å². The SMILES string of the molecule is c1cnc2c[nH+]cnc2c1. The predicted molar refractivity (Wildman–Crippen MR) is 36.1 cm³/mol. The van der Waals surface area contributed by atoms with Crippen LogP contribution in [0.25, 0.3) is 11.0 Å². The number of pyridine rings is 1. The van der Waals surface area contributed by atoms with Crippen LogP contribution in [0, 0.1) is 0 Å². The second-order valence-electron chi connectivity index (χ2n) is 1.98. The number of hydrogen-bond acceptors (Lipinski definition) is 2. The Labute approximate surface area is 57.8 Å². The van der Waals surface area contributed by atoms with Gasteiger partial charge in [0.2, 0.25) is 5.52 Å². The molecular weight excluding hydrogens is 126 g/mol. The molecule has 0 aliphatic heterocycles. The fourth-order valence-electron chi connectivity index (χ4n) is 0.852. The van der Waals surface area contributed by atoms with Gasteiger partial charge in [-0.25, -0.2) is 9.97 Å². The molecule has 2 aromatic rings. The van der Waals surface area contributed by atoms with Crippen molar-refractivity contribution >= 4 is 11.0 Å². The largest absolute Gasteiger partial charge is 0.284 e. The summed E-state index contributed by atoms with van der Waals surface area (Å²) in [5.41, 5.74) is 1.81. The second kappa shape index (κ2) is 2.02. The molecule has 3 heteroatoms. The van der Waals surface area contributed by atoms with Crippen molar-refractivity contribution in [2.45, 2.75) is 0 Å². The summed E-state index contributed by atoms with van der Waals surface area (Å²) in [6, 6.07) is 3.80. The van der Waals surface area contributed by atoms with E-state index >= 15 is 0 Å². The zero-order chi connectivity index (χ0) is 6.81. The Kier molecular flexibility index (Phi) is 1.07. The lowest BCUT2D eigenvalue weighted by molar-refractivity contribution is -0.380. The molecule has 0 saturated heterocycles. The molecule has 0 unspecified atom stereocenters. The molecule has 2 heterocycles. The van der Waals surface area contributed by atoms with E-state index in [9.17, 15) is 0 Å². The number of H-pyrrole nitrogens is 1. The summed E-state index contributed by atoms with van der Waals surface area (Å²) < 4.78 is 0. The van der Waals surface area contributed by atoms with Crippen molar-refractivity contribution in [3.63, 3.8) is 0 Å². The monoisotopic (exact) mass is 132 g/mol. The summed E-state index contributed by atoms with van der Waals surface area (Å²) in [6.45, 7) is 0. The van der Waals surface area contributed by atoms with Gasteiger partial charge < -0.3 is 0 Å². The summed E-state index contributed by atoms with van der Waals surface area (Å²) in [5.74, 6) is 0. The smallest absolute Gasteiger partial charge is 0.248 e. The van der Waals surface area contributed by atoms with Crippen LogP contribution >= 0.6 is 0 Å². The number of aromatic amines is 1. The van der Waals surface area contributed by atoms with E-state index in [0.29, 0.717) is 0 Å². The van der Waals surface area contributed by atoms with Gasteiger partial charge in [-0.15, -0.1) is 0 Å². The van der Waals surface area contributed by atoms with Crippen molar-refractivity contribution in [2.75, 3.05) is 0 Å². The zero-order valence-electron chi connectivity index (χ0n) is 5.28. The van der Waals surface area contributed by atoms with Gasteiger partial charge >= 0.3 is 0 Å². The lowest BCUT2D eigenvalue weighted by Gasteiger charge is -1.83. The molecule has 0 radical (unpaired) electrons. The molecule has 3 nitrogen and oxygen atoms in total. The molecule has 0 bridgehead atoms. The van der Waals surface area contributed by atoms with Crippen molar-refractivity contribution in [1.29, 1.82) is 0 Å². The van der Waals surface area contributed by atoms with Crippen LogP contribution in [0.15, 0.2) is 30.9 Å². The molecule has 1 N–H and O–H groups in total. The van der Waals surface area contributed by atoms with E-state index in [1.807, 2.05) is 18.3 Å². The molecule has 0 fully saturated rings. The fraction of sp³-hybridized carbons (Fsp3) is 0. The fourth-order valence-corrected chi connectivity index (χ4v) is 0.852. The standard InChI is InChI=1S/C7H5N3/c1-2-6-7(9-3-1)4-8-5-10-6/h1-5H/p+1. The molecule has 0 saturated carbocycles. The Balaban J connectivity index is 2.89. The lowest BCUT2D eigenvalue weighted by Crippen LogP contribution is -2.00.